The van der Waals surface area contributed by atoms with Gasteiger partial charge in [-0.25, -0.2) is 9.48 Å². The Hall–Kier alpha value is -1.06. The number of rotatable bonds is 1. The van der Waals surface area contributed by atoms with E-state index in [1.807, 2.05) is 0 Å². The van der Waals surface area contributed by atoms with Crippen LogP contribution in [-0.4, -0.2) is 14.3 Å². The van der Waals surface area contributed by atoms with E-state index in [1.165, 1.54) is 17.5 Å². The molecule has 12 heavy (non-hydrogen) atoms. The van der Waals surface area contributed by atoms with E-state index in [9.17, 15) is 4.79 Å². The van der Waals surface area contributed by atoms with E-state index < -0.39 is 0 Å². The predicted molar refractivity (Wildman–Crippen MR) is 45.0 cm³/mol. The average molecular weight is 167 g/mol. The molecule has 4 heteroatoms. The van der Waals surface area contributed by atoms with Crippen LogP contribution in [0.4, 0.5) is 0 Å². The molecule has 1 saturated carbocycles. The molecule has 1 heterocycles. The molecular formula is C8H13N3O. The van der Waals surface area contributed by atoms with Crippen molar-refractivity contribution in [1.29, 1.82) is 0 Å². The lowest BCUT2D eigenvalue weighted by Crippen LogP contribution is -2.24. The quantitative estimate of drug-likeness (QED) is 0.617. The van der Waals surface area contributed by atoms with Gasteiger partial charge in [-0.2, -0.15) is 5.10 Å². The molecule has 0 bridgehead atoms. The first-order valence-electron chi connectivity index (χ1n) is 4.39. The topological polar surface area (TPSA) is 39.8 Å². The number of hydrogen-bond acceptors (Lipinski definition) is 2. The van der Waals surface area contributed by atoms with E-state index in [4.69, 9.17) is 0 Å². The Labute approximate surface area is 70.8 Å². The minimum Gasteiger partial charge on any atom is -0.278 e. The Morgan fingerprint density at radius 2 is 2.17 bits per heavy atom. The lowest BCUT2D eigenvalue weighted by atomic mass is 10.2. The van der Waals surface area contributed by atoms with Crippen LogP contribution in [0, 0.1) is 0 Å². The van der Waals surface area contributed by atoms with Crippen LogP contribution in [0.2, 0.25) is 0 Å². The summed E-state index contributed by atoms with van der Waals surface area (Å²) in [6.07, 6.45) is 6.40. The van der Waals surface area contributed by atoms with Crippen molar-refractivity contribution < 1.29 is 0 Å². The third-order valence-corrected chi connectivity index (χ3v) is 2.57. The Morgan fingerprint density at radius 3 is 2.67 bits per heavy atom. The third kappa shape index (κ3) is 1.07. The lowest BCUT2D eigenvalue weighted by molar-refractivity contribution is 0.496. The summed E-state index contributed by atoms with van der Waals surface area (Å²) in [5.74, 6) is 0. The molecule has 1 aliphatic carbocycles. The van der Waals surface area contributed by atoms with Gasteiger partial charge in [0.2, 0.25) is 0 Å². The zero-order chi connectivity index (χ0) is 8.55. The van der Waals surface area contributed by atoms with E-state index >= 15 is 0 Å². The maximum atomic E-state index is 11.4. The van der Waals surface area contributed by atoms with Crippen molar-refractivity contribution in [2.75, 3.05) is 0 Å². The first-order valence-corrected chi connectivity index (χ1v) is 4.39. The fourth-order valence-electron chi connectivity index (χ4n) is 1.83. The van der Waals surface area contributed by atoms with Gasteiger partial charge in [-0.3, -0.25) is 4.57 Å². The second-order valence-electron chi connectivity index (χ2n) is 3.38. The Bertz CT molecular complexity index is 319. The Kier molecular flexibility index (Phi) is 1.75. The summed E-state index contributed by atoms with van der Waals surface area (Å²) in [6.45, 7) is 0. The maximum Gasteiger partial charge on any atom is 0.345 e. The summed E-state index contributed by atoms with van der Waals surface area (Å²) in [6, 6.07) is 0.409. The van der Waals surface area contributed by atoms with Crippen LogP contribution in [0.3, 0.4) is 0 Å². The van der Waals surface area contributed by atoms with E-state index in [0.717, 1.165) is 12.8 Å². The highest BCUT2D eigenvalue weighted by Crippen LogP contribution is 2.27. The number of nitrogens with zero attached hydrogens (tertiary/aromatic N) is 3. The van der Waals surface area contributed by atoms with E-state index in [2.05, 4.69) is 5.10 Å². The lowest BCUT2D eigenvalue weighted by Gasteiger charge is -2.06. The molecule has 0 atom stereocenters. The zero-order valence-electron chi connectivity index (χ0n) is 7.23. The zero-order valence-corrected chi connectivity index (χ0v) is 7.23. The molecule has 1 aromatic rings. The first kappa shape index (κ1) is 7.58. The molecule has 0 N–H and O–H groups in total. The molecule has 1 fully saturated rings. The molecule has 0 aliphatic heterocycles. The van der Waals surface area contributed by atoms with Crippen molar-refractivity contribution in [2.45, 2.75) is 31.7 Å². The minimum atomic E-state index is 0.0156. The largest absolute Gasteiger partial charge is 0.345 e. The normalized spacial score (nSPS) is 18.8. The van der Waals surface area contributed by atoms with Gasteiger partial charge in [-0.15, -0.1) is 0 Å². The van der Waals surface area contributed by atoms with Gasteiger partial charge in [0, 0.05) is 13.1 Å². The molecule has 4 nitrogen and oxygen atoms in total. The van der Waals surface area contributed by atoms with Gasteiger partial charge in [0.15, 0.2) is 0 Å². The van der Waals surface area contributed by atoms with Gasteiger partial charge < -0.3 is 0 Å². The fourth-order valence-corrected chi connectivity index (χ4v) is 1.83. The van der Waals surface area contributed by atoms with Crippen LogP contribution in [0.5, 0.6) is 0 Å². The Morgan fingerprint density at radius 1 is 1.50 bits per heavy atom. The van der Waals surface area contributed by atoms with E-state index in [-0.39, 0.29) is 5.69 Å². The van der Waals surface area contributed by atoms with E-state index in [0.29, 0.717) is 6.04 Å². The first-order chi connectivity index (χ1) is 5.79. The second-order valence-corrected chi connectivity index (χ2v) is 3.38. The van der Waals surface area contributed by atoms with Gasteiger partial charge in [0.1, 0.15) is 6.33 Å². The molecule has 1 aliphatic rings. The van der Waals surface area contributed by atoms with Gasteiger partial charge in [-0.05, 0) is 12.8 Å². The molecule has 0 saturated heterocycles. The van der Waals surface area contributed by atoms with Crippen molar-refractivity contribution in [2.24, 2.45) is 7.05 Å². The molecule has 0 aromatic carbocycles. The molecule has 1 aromatic heterocycles. The highest BCUT2D eigenvalue weighted by molar-refractivity contribution is 4.79. The van der Waals surface area contributed by atoms with Gasteiger partial charge in [-0.1, -0.05) is 12.8 Å². The second kappa shape index (κ2) is 2.77. The standard InChI is InChI=1S/C8H13N3O/c1-10-8(12)11(6-9-10)7-4-2-3-5-7/h6-7H,2-5H2,1H3. The highest BCUT2D eigenvalue weighted by Gasteiger charge is 2.18. The minimum absolute atomic E-state index is 0.0156. The van der Waals surface area contributed by atoms with Crippen molar-refractivity contribution in [3.05, 3.63) is 16.8 Å². The third-order valence-electron chi connectivity index (χ3n) is 2.57. The van der Waals surface area contributed by atoms with Gasteiger partial charge in [0.25, 0.3) is 0 Å². The molecule has 66 valence electrons. The number of aromatic nitrogens is 3. The van der Waals surface area contributed by atoms with Crippen LogP contribution in [0.1, 0.15) is 31.7 Å². The summed E-state index contributed by atoms with van der Waals surface area (Å²) < 4.78 is 3.14. The predicted octanol–water partition coefficient (Wildman–Crippen LogP) is 0.697. The molecule has 2 rings (SSSR count). The van der Waals surface area contributed by atoms with Crippen molar-refractivity contribution in [3.8, 4) is 0 Å². The summed E-state index contributed by atoms with van der Waals surface area (Å²) in [5.41, 5.74) is 0.0156. The van der Waals surface area contributed by atoms with Crippen LogP contribution >= 0.6 is 0 Å². The van der Waals surface area contributed by atoms with E-state index in [1.54, 1.807) is 17.9 Å². The van der Waals surface area contributed by atoms with Crippen molar-refractivity contribution in [3.63, 3.8) is 0 Å². The summed E-state index contributed by atoms with van der Waals surface area (Å²) in [5, 5.41) is 3.93. The number of hydrogen-bond donors (Lipinski definition) is 0. The fraction of sp³-hybridized carbons (Fsp3) is 0.750. The SMILES string of the molecule is Cn1ncn(C2CCCC2)c1=O. The molecule has 0 spiro atoms. The van der Waals surface area contributed by atoms with Crippen LogP contribution in [0.15, 0.2) is 11.1 Å². The summed E-state index contributed by atoms with van der Waals surface area (Å²) in [7, 11) is 1.69. The average Bonchev–Trinajstić information content (AvgIpc) is 2.64. The Balaban J connectivity index is 2.33. The molecule has 0 unspecified atom stereocenters. The molecule has 0 amide bonds. The molecular weight excluding hydrogens is 154 g/mol. The highest BCUT2D eigenvalue weighted by atomic mass is 16.2. The van der Waals surface area contributed by atoms with Crippen LogP contribution in [-0.2, 0) is 7.05 Å². The van der Waals surface area contributed by atoms with Crippen molar-refractivity contribution in [1.82, 2.24) is 14.3 Å². The maximum absolute atomic E-state index is 11.4. The number of aryl methyl sites for hydroxylation is 1. The van der Waals surface area contributed by atoms with Crippen LogP contribution in [0.25, 0.3) is 0 Å². The summed E-state index contributed by atoms with van der Waals surface area (Å²) >= 11 is 0. The van der Waals surface area contributed by atoms with Crippen molar-refractivity contribution >= 4 is 0 Å². The monoisotopic (exact) mass is 167 g/mol. The smallest absolute Gasteiger partial charge is 0.278 e. The van der Waals surface area contributed by atoms with Crippen LogP contribution < -0.4 is 5.69 Å². The molecule has 0 radical (unpaired) electrons. The van der Waals surface area contributed by atoms with Gasteiger partial charge >= 0.3 is 5.69 Å². The van der Waals surface area contributed by atoms with Gasteiger partial charge in [0.05, 0.1) is 0 Å². The summed E-state index contributed by atoms with van der Waals surface area (Å²) in [4.78, 5) is 11.4.